The molecule has 0 aromatic rings. The number of quaternary nitrogens is 1. The Kier molecular flexibility index (Phi) is 14.5. The van der Waals surface area contributed by atoms with Gasteiger partial charge in [-0.3, -0.25) is 4.90 Å². The molecule has 120 valence electrons. The zero-order valence-corrected chi connectivity index (χ0v) is 14.2. The van der Waals surface area contributed by atoms with Gasteiger partial charge in [-0.15, -0.1) is 0 Å². The SMILES string of the molecule is CCCCCCCCCC[NH+]1C=CC=C1CCCC.[C-]#N. The smallest absolute Gasteiger partial charge is 0.112 e. The lowest BCUT2D eigenvalue weighted by Crippen LogP contribution is -3.04. The molecule has 1 rings (SSSR count). The molecule has 0 aromatic heterocycles. The molecule has 0 aromatic carbocycles. The summed E-state index contributed by atoms with van der Waals surface area (Å²) in [6.45, 7) is 10.6. The number of unbranched alkanes of at least 4 members (excludes halogenated alkanes) is 8. The molecular formula is C19H34N2. The Morgan fingerprint density at radius 3 is 2.05 bits per heavy atom. The largest absolute Gasteiger partial charge is 0.512 e. The molecule has 0 aliphatic carbocycles. The highest BCUT2D eigenvalue weighted by Crippen LogP contribution is 2.08. The molecule has 1 heterocycles. The second-order valence-electron chi connectivity index (χ2n) is 5.90. The molecule has 2 heteroatoms. The van der Waals surface area contributed by atoms with E-state index in [4.69, 9.17) is 11.8 Å². The van der Waals surface area contributed by atoms with Crippen molar-refractivity contribution in [3.8, 4) is 0 Å². The number of rotatable bonds is 12. The van der Waals surface area contributed by atoms with Crippen molar-refractivity contribution in [1.82, 2.24) is 0 Å². The average molecular weight is 290 g/mol. The lowest BCUT2D eigenvalue weighted by Gasteiger charge is -2.14. The van der Waals surface area contributed by atoms with E-state index in [-0.39, 0.29) is 0 Å². The molecule has 0 radical (unpaired) electrons. The topological polar surface area (TPSA) is 28.2 Å². The van der Waals surface area contributed by atoms with Gasteiger partial charge in [0.25, 0.3) is 0 Å². The monoisotopic (exact) mass is 290 g/mol. The van der Waals surface area contributed by atoms with E-state index in [9.17, 15) is 0 Å². The third-order valence-electron chi connectivity index (χ3n) is 4.11. The van der Waals surface area contributed by atoms with E-state index in [1.165, 1.54) is 77.2 Å². The first-order valence-corrected chi connectivity index (χ1v) is 8.84. The predicted octanol–water partition coefficient (Wildman–Crippen LogP) is 4.71. The Morgan fingerprint density at radius 2 is 1.43 bits per heavy atom. The summed E-state index contributed by atoms with van der Waals surface area (Å²) in [6.07, 6.45) is 22.2. The zero-order chi connectivity index (χ0) is 15.8. The molecule has 21 heavy (non-hydrogen) atoms. The van der Waals surface area contributed by atoms with Crippen LogP contribution in [0.5, 0.6) is 0 Å². The van der Waals surface area contributed by atoms with Crippen LogP contribution in [0.25, 0.3) is 0 Å². The molecule has 2 nitrogen and oxygen atoms in total. The Morgan fingerprint density at radius 1 is 0.857 bits per heavy atom. The molecule has 0 spiro atoms. The molecule has 0 saturated heterocycles. The van der Waals surface area contributed by atoms with E-state index >= 15 is 0 Å². The number of hydrogen-bond donors (Lipinski definition) is 1. The third kappa shape index (κ3) is 10.3. The fraction of sp³-hybridized carbons (Fsp3) is 0.737. The van der Waals surface area contributed by atoms with Crippen LogP contribution in [-0.4, -0.2) is 6.54 Å². The van der Waals surface area contributed by atoms with Crippen molar-refractivity contribution in [1.29, 1.82) is 5.26 Å². The Bertz CT molecular complexity index is 302. The number of nitrogens with one attached hydrogen (secondary N) is 1. The first-order valence-electron chi connectivity index (χ1n) is 8.84. The second kappa shape index (κ2) is 15.3. The molecule has 0 bridgehead atoms. The predicted molar refractivity (Wildman–Crippen MR) is 90.2 cm³/mol. The first kappa shape index (κ1) is 19.9. The van der Waals surface area contributed by atoms with Gasteiger partial charge in [-0.1, -0.05) is 58.8 Å². The van der Waals surface area contributed by atoms with Gasteiger partial charge < -0.3 is 11.8 Å². The van der Waals surface area contributed by atoms with Crippen LogP contribution in [0.4, 0.5) is 0 Å². The van der Waals surface area contributed by atoms with Crippen molar-refractivity contribution >= 4 is 0 Å². The summed E-state index contributed by atoms with van der Waals surface area (Å²) < 4.78 is 0. The van der Waals surface area contributed by atoms with E-state index in [2.05, 4.69) is 32.2 Å². The molecule has 0 fully saturated rings. The highest BCUT2D eigenvalue weighted by molar-refractivity contribution is 5.10. The number of nitrogens with zero attached hydrogens (tertiary/aromatic N) is 1. The minimum Gasteiger partial charge on any atom is -0.512 e. The third-order valence-corrected chi connectivity index (χ3v) is 4.11. The van der Waals surface area contributed by atoms with E-state index < -0.39 is 0 Å². The molecule has 1 unspecified atom stereocenters. The summed E-state index contributed by atoms with van der Waals surface area (Å²) in [5.41, 5.74) is 1.62. The Labute approximate surface area is 132 Å². The number of hydrogen-bond acceptors (Lipinski definition) is 1. The van der Waals surface area contributed by atoms with E-state index in [0.717, 1.165) is 0 Å². The Hall–Kier alpha value is -1.07. The van der Waals surface area contributed by atoms with E-state index in [0.29, 0.717) is 0 Å². The quantitative estimate of drug-likeness (QED) is 0.409. The lowest BCUT2D eigenvalue weighted by molar-refractivity contribution is -0.804. The molecular weight excluding hydrogens is 256 g/mol. The molecule has 0 saturated carbocycles. The van der Waals surface area contributed by atoms with Gasteiger partial charge in [0.15, 0.2) is 0 Å². The van der Waals surface area contributed by atoms with Gasteiger partial charge in [0.2, 0.25) is 0 Å². The van der Waals surface area contributed by atoms with Gasteiger partial charge >= 0.3 is 0 Å². The molecule has 1 aliphatic rings. The normalized spacial score (nSPS) is 16.4. The summed E-state index contributed by atoms with van der Waals surface area (Å²) in [6, 6.07) is 0. The van der Waals surface area contributed by atoms with Gasteiger partial charge in [-0.2, -0.15) is 0 Å². The summed E-state index contributed by atoms with van der Waals surface area (Å²) in [5.74, 6) is 0. The fourth-order valence-corrected chi connectivity index (χ4v) is 2.80. The average Bonchev–Trinajstić information content (AvgIpc) is 2.97. The van der Waals surface area contributed by atoms with Gasteiger partial charge in [0, 0.05) is 12.5 Å². The second-order valence-corrected chi connectivity index (χ2v) is 5.90. The zero-order valence-electron chi connectivity index (χ0n) is 14.2. The minimum absolute atomic E-state index is 1.29. The van der Waals surface area contributed by atoms with E-state index in [1.54, 1.807) is 10.6 Å². The molecule has 1 N–H and O–H groups in total. The van der Waals surface area contributed by atoms with Gasteiger partial charge in [0.1, 0.15) is 5.70 Å². The fourth-order valence-electron chi connectivity index (χ4n) is 2.80. The highest BCUT2D eigenvalue weighted by Gasteiger charge is 2.15. The standard InChI is InChI=1S/C18H33N.CN/c1-3-5-7-8-9-10-11-12-16-19-17-13-15-18(19)14-6-4-2;1-2/h13,15,17H,3-12,14,16H2,1-2H3;/q;-1/p+1. The molecule has 1 atom stereocenters. The van der Waals surface area contributed by atoms with E-state index in [1.807, 2.05) is 0 Å². The summed E-state index contributed by atoms with van der Waals surface area (Å²) >= 11 is 0. The minimum atomic E-state index is 1.29. The van der Waals surface area contributed by atoms with Crippen LogP contribution in [0.2, 0.25) is 0 Å². The van der Waals surface area contributed by atoms with Crippen LogP contribution in [0.1, 0.15) is 84.5 Å². The summed E-state index contributed by atoms with van der Waals surface area (Å²) in [4.78, 5) is 1.62. The highest BCUT2D eigenvalue weighted by atomic mass is 15.1. The maximum atomic E-state index is 6.25. The summed E-state index contributed by atoms with van der Waals surface area (Å²) in [5, 5.41) is 6.25. The van der Waals surface area contributed by atoms with Crippen molar-refractivity contribution in [3.63, 3.8) is 0 Å². The maximum Gasteiger partial charge on any atom is 0.112 e. The lowest BCUT2D eigenvalue weighted by atomic mass is 10.1. The number of allylic oxidation sites excluding steroid dienone is 3. The first-order chi connectivity index (χ1) is 10.4. The van der Waals surface area contributed by atoms with Crippen LogP contribution in [-0.2, 0) is 0 Å². The maximum absolute atomic E-state index is 6.25. The van der Waals surface area contributed by atoms with Crippen molar-refractivity contribution in [2.75, 3.05) is 6.54 Å². The molecule has 0 amide bonds. The van der Waals surface area contributed by atoms with Crippen molar-refractivity contribution in [2.24, 2.45) is 0 Å². The van der Waals surface area contributed by atoms with Gasteiger partial charge in [-0.05, 0) is 25.3 Å². The van der Waals surface area contributed by atoms with Crippen molar-refractivity contribution in [2.45, 2.75) is 84.5 Å². The summed E-state index contributed by atoms with van der Waals surface area (Å²) in [7, 11) is 0. The molecule has 1 aliphatic heterocycles. The van der Waals surface area contributed by atoms with Crippen LogP contribution >= 0.6 is 0 Å². The Balaban J connectivity index is 0.00000191. The van der Waals surface area contributed by atoms with Gasteiger partial charge in [-0.25, -0.2) is 0 Å². The van der Waals surface area contributed by atoms with Crippen molar-refractivity contribution < 1.29 is 4.90 Å². The van der Waals surface area contributed by atoms with Gasteiger partial charge in [0.05, 0.1) is 12.7 Å². The van der Waals surface area contributed by atoms with Crippen LogP contribution < -0.4 is 4.90 Å². The van der Waals surface area contributed by atoms with Crippen LogP contribution in [0.15, 0.2) is 24.0 Å². The van der Waals surface area contributed by atoms with Crippen LogP contribution in [0, 0.1) is 11.8 Å². The van der Waals surface area contributed by atoms with Crippen LogP contribution in [0.3, 0.4) is 0 Å². The van der Waals surface area contributed by atoms with Crippen molar-refractivity contribution in [3.05, 3.63) is 30.6 Å².